The van der Waals surface area contributed by atoms with Crippen molar-refractivity contribution in [2.45, 2.75) is 25.9 Å². The Morgan fingerprint density at radius 3 is 2.36 bits per heavy atom. The second kappa shape index (κ2) is 11.8. The molecule has 39 heavy (non-hydrogen) atoms. The van der Waals surface area contributed by atoms with Gasteiger partial charge in [0.2, 0.25) is 5.91 Å². The number of carbonyl (C=O) groups excluding carboxylic acids is 2. The van der Waals surface area contributed by atoms with E-state index >= 15 is 0 Å². The van der Waals surface area contributed by atoms with Crippen molar-refractivity contribution in [1.29, 1.82) is 5.26 Å². The summed E-state index contributed by atoms with van der Waals surface area (Å²) in [5, 5.41) is 20.7. The number of rotatable bonds is 7. The molecule has 0 unspecified atom stereocenters. The number of nitriles is 1. The third-order valence-electron chi connectivity index (χ3n) is 5.97. The maximum atomic E-state index is 13.5. The fourth-order valence-electron chi connectivity index (χ4n) is 4.13. The summed E-state index contributed by atoms with van der Waals surface area (Å²) in [6.07, 6.45) is -4.62. The number of dihydropyridines is 1. The number of anilines is 2. The molecule has 0 spiro atoms. The molecule has 1 aliphatic heterocycles. The number of hydrogen-bond acceptors (Lipinski definition) is 6. The maximum absolute atomic E-state index is 13.5. The van der Waals surface area contributed by atoms with Crippen LogP contribution in [0.15, 0.2) is 87.9 Å². The lowest BCUT2D eigenvalue weighted by Gasteiger charge is -2.29. The van der Waals surface area contributed by atoms with Gasteiger partial charge in [0.25, 0.3) is 5.91 Å². The van der Waals surface area contributed by atoms with Gasteiger partial charge in [-0.3, -0.25) is 9.59 Å². The van der Waals surface area contributed by atoms with Gasteiger partial charge in [0.15, 0.2) is 0 Å². The molecule has 4 rings (SSSR count). The second-order valence-corrected chi connectivity index (χ2v) is 10.6. The third kappa shape index (κ3) is 6.35. The molecule has 1 aromatic heterocycles. The van der Waals surface area contributed by atoms with Gasteiger partial charge in [-0.1, -0.05) is 48.2 Å². The van der Waals surface area contributed by atoms with Crippen molar-refractivity contribution < 1.29 is 22.8 Å². The number of amides is 2. The number of hydrogen-bond donors (Lipinski definition) is 3. The predicted octanol–water partition coefficient (Wildman–Crippen LogP) is 6.78. The lowest BCUT2D eigenvalue weighted by molar-refractivity contribution is -0.137. The SMILES string of the molecule is CC1=C(C(=O)Nc2ccccc2C)[C@@H](c2cccs2)C(C#N)=C(SCC(=O)Nc2ccccc2C(F)(F)F)N1. The average Bonchev–Trinajstić information content (AvgIpc) is 3.42. The van der Waals surface area contributed by atoms with Crippen molar-refractivity contribution >= 4 is 46.3 Å². The zero-order valence-electron chi connectivity index (χ0n) is 20.8. The Morgan fingerprint density at radius 1 is 1.03 bits per heavy atom. The van der Waals surface area contributed by atoms with Crippen LogP contribution in [0.3, 0.4) is 0 Å². The Hall–Kier alpha value is -4.01. The molecular weight excluding hydrogens is 545 g/mol. The Kier molecular flexibility index (Phi) is 8.47. The van der Waals surface area contributed by atoms with E-state index in [0.29, 0.717) is 22.0 Å². The normalized spacial score (nSPS) is 15.4. The summed E-state index contributed by atoms with van der Waals surface area (Å²) in [5.41, 5.74) is 1.35. The number of nitrogens with one attached hydrogen (secondary N) is 3. The Labute approximate surface area is 231 Å². The Bertz CT molecular complexity index is 1510. The number of para-hydroxylation sites is 2. The van der Waals surface area contributed by atoms with Crippen LogP contribution in [-0.4, -0.2) is 17.6 Å². The number of benzene rings is 2. The van der Waals surface area contributed by atoms with Crippen LogP contribution in [0.2, 0.25) is 0 Å². The van der Waals surface area contributed by atoms with Gasteiger partial charge in [-0.25, -0.2) is 0 Å². The number of nitrogens with zero attached hydrogens (tertiary/aromatic N) is 1. The number of alkyl halides is 3. The molecule has 11 heteroatoms. The molecule has 1 atom stereocenters. The third-order valence-corrected chi connectivity index (χ3v) is 7.92. The molecule has 3 aromatic rings. The molecule has 2 heterocycles. The van der Waals surface area contributed by atoms with Gasteiger partial charge in [0, 0.05) is 21.8 Å². The minimum absolute atomic E-state index is 0.242. The second-order valence-electron chi connectivity index (χ2n) is 8.62. The summed E-state index contributed by atoms with van der Waals surface area (Å²) in [7, 11) is 0. The first-order valence-electron chi connectivity index (χ1n) is 11.7. The van der Waals surface area contributed by atoms with Crippen LogP contribution in [0, 0.1) is 18.3 Å². The highest BCUT2D eigenvalue weighted by atomic mass is 32.2. The summed E-state index contributed by atoms with van der Waals surface area (Å²) in [6, 6.07) is 17.9. The number of aryl methyl sites for hydroxylation is 1. The van der Waals surface area contributed by atoms with E-state index in [1.807, 2.05) is 42.6 Å². The molecule has 0 aliphatic carbocycles. The topological polar surface area (TPSA) is 94.0 Å². The van der Waals surface area contributed by atoms with Gasteiger partial charge < -0.3 is 16.0 Å². The molecule has 200 valence electrons. The summed E-state index contributed by atoms with van der Waals surface area (Å²) < 4.78 is 39.9. The number of halogens is 3. The quantitative estimate of drug-likeness (QED) is 0.292. The van der Waals surface area contributed by atoms with Gasteiger partial charge in [0.05, 0.1) is 39.6 Å². The monoisotopic (exact) mass is 568 g/mol. The van der Waals surface area contributed by atoms with Gasteiger partial charge in [-0.15, -0.1) is 11.3 Å². The van der Waals surface area contributed by atoms with Crippen LogP contribution in [-0.2, 0) is 15.8 Å². The number of thiophene rings is 1. The molecule has 0 saturated carbocycles. The highest BCUT2D eigenvalue weighted by Crippen LogP contribution is 2.42. The average molecular weight is 569 g/mol. The Morgan fingerprint density at radius 2 is 1.72 bits per heavy atom. The molecule has 2 amide bonds. The van der Waals surface area contributed by atoms with Crippen molar-refractivity contribution in [3.63, 3.8) is 0 Å². The van der Waals surface area contributed by atoms with Gasteiger partial charge in [-0.2, -0.15) is 18.4 Å². The van der Waals surface area contributed by atoms with Crippen LogP contribution in [0.25, 0.3) is 0 Å². The zero-order valence-corrected chi connectivity index (χ0v) is 22.5. The summed E-state index contributed by atoms with van der Waals surface area (Å²) in [4.78, 5) is 26.9. The predicted molar refractivity (Wildman–Crippen MR) is 148 cm³/mol. The fraction of sp³-hybridized carbons (Fsp3) is 0.179. The highest BCUT2D eigenvalue weighted by Gasteiger charge is 2.36. The fourth-order valence-corrected chi connectivity index (χ4v) is 5.87. The van der Waals surface area contributed by atoms with Crippen molar-refractivity contribution in [3.8, 4) is 6.07 Å². The summed E-state index contributed by atoms with van der Waals surface area (Å²) in [6.45, 7) is 3.59. The first kappa shape index (κ1) is 28.0. The standard InChI is InChI=1S/C28H23F3N4O2S2/c1-16-8-3-5-10-20(16)35-26(37)24-17(2)33-27(18(14-32)25(24)22-12-7-13-38-22)39-15-23(36)34-21-11-6-4-9-19(21)28(29,30)31/h3-13,25,33H,15H2,1-2H3,(H,34,36)(H,35,37)/t25-/m1/s1. The van der Waals surface area contributed by atoms with E-state index in [4.69, 9.17) is 0 Å². The zero-order chi connectivity index (χ0) is 28.2. The van der Waals surface area contributed by atoms with Crippen LogP contribution in [0.1, 0.15) is 28.8 Å². The van der Waals surface area contributed by atoms with Crippen LogP contribution < -0.4 is 16.0 Å². The van der Waals surface area contributed by atoms with Gasteiger partial charge >= 0.3 is 6.18 Å². The van der Waals surface area contributed by atoms with E-state index in [9.17, 15) is 28.0 Å². The molecule has 6 nitrogen and oxygen atoms in total. The molecule has 1 aliphatic rings. The highest BCUT2D eigenvalue weighted by molar-refractivity contribution is 8.03. The number of allylic oxidation sites excluding steroid dienone is 2. The summed E-state index contributed by atoms with van der Waals surface area (Å²) >= 11 is 2.38. The number of carbonyl (C=O) groups is 2. The van der Waals surface area contributed by atoms with Gasteiger partial charge in [-0.05, 0) is 49.1 Å². The summed E-state index contributed by atoms with van der Waals surface area (Å²) in [5.74, 6) is -1.97. The lowest BCUT2D eigenvalue weighted by atomic mass is 9.86. The van der Waals surface area contributed by atoms with Crippen LogP contribution >= 0.6 is 23.1 Å². The van der Waals surface area contributed by atoms with E-state index in [2.05, 4.69) is 22.0 Å². The largest absolute Gasteiger partial charge is 0.418 e. The minimum atomic E-state index is -4.62. The molecule has 0 saturated heterocycles. The maximum Gasteiger partial charge on any atom is 0.418 e. The molecule has 0 bridgehead atoms. The molecule has 3 N–H and O–H groups in total. The van der Waals surface area contributed by atoms with E-state index in [1.165, 1.54) is 29.5 Å². The Balaban J connectivity index is 1.59. The van der Waals surface area contributed by atoms with Crippen molar-refractivity contribution in [1.82, 2.24) is 5.32 Å². The van der Waals surface area contributed by atoms with Gasteiger partial charge in [0.1, 0.15) is 0 Å². The number of thioether (sulfide) groups is 1. The smallest absolute Gasteiger partial charge is 0.353 e. The van der Waals surface area contributed by atoms with E-state index in [-0.39, 0.29) is 22.9 Å². The van der Waals surface area contributed by atoms with E-state index in [0.717, 1.165) is 28.3 Å². The molecule has 2 aromatic carbocycles. The molecule has 0 radical (unpaired) electrons. The van der Waals surface area contributed by atoms with Crippen molar-refractivity contribution in [2.75, 3.05) is 16.4 Å². The van der Waals surface area contributed by atoms with E-state index < -0.39 is 23.6 Å². The van der Waals surface area contributed by atoms with Crippen LogP contribution in [0.4, 0.5) is 24.5 Å². The first-order chi connectivity index (χ1) is 18.6. The van der Waals surface area contributed by atoms with Crippen molar-refractivity contribution in [3.05, 3.63) is 104 Å². The first-order valence-corrected chi connectivity index (χ1v) is 13.6. The van der Waals surface area contributed by atoms with Crippen molar-refractivity contribution in [2.24, 2.45) is 0 Å². The minimum Gasteiger partial charge on any atom is -0.353 e. The lowest BCUT2D eigenvalue weighted by Crippen LogP contribution is -2.31. The molecule has 0 fully saturated rings. The van der Waals surface area contributed by atoms with Crippen LogP contribution in [0.5, 0.6) is 0 Å². The van der Waals surface area contributed by atoms with E-state index in [1.54, 1.807) is 13.0 Å². The molecular formula is C28H23F3N4O2S2.